The molecule has 0 saturated carbocycles. The predicted octanol–water partition coefficient (Wildman–Crippen LogP) is 3.69. The molecule has 0 unspecified atom stereocenters. The van der Waals surface area contributed by atoms with E-state index < -0.39 is 0 Å². The van der Waals surface area contributed by atoms with Crippen LogP contribution >= 0.6 is 0 Å². The first-order valence-corrected chi connectivity index (χ1v) is 3.46. The molecular formula is C9H21Hf-3. The summed E-state index contributed by atoms with van der Waals surface area (Å²) in [7, 11) is 0. The average molecular weight is 308 g/mol. The van der Waals surface area contributed by atoms with Gasteiger partial charge in [0.1, 0.15) is 0 Å². The van der Waals surface area contributed by atoms with Gasteiger partial charge in [0.25, 0.3) is 0 Å². The zero-order valence-corrected chi connectivity index (χ0v) is 11.8. The Balaban J connectivity index is -0.0000000257. The molecule has 0 saturated heterocycles. The standard InChI is InChI=1S/3C3H7.Hf/c3*1-3-2;/h3*3H,1-2H3;/q3*-1;. The molecule has 64 valence electrons. The van der Waals surface area contributed by atoms with Crippen molar-refractivity contribution >= 4 is 0 Å². The van der Waals surface area contributed by atoms with E-state index in [1.165, 1.54) is 0 Å². The van der Waals surface area contributed by atoms with Gasteiger partial charge in [0.15, 0.2) is 0 Å². The predicted molar refractivity (Wildman–Crippen MR) is 46.9 cm³/mol. The van der Waals surface area contributed by atoms with Gasteiger partial charge >= 0.3 is 0 Å². The summed E-state index contributed by atoms with van der Waals surface area (Å²) in [4.78, 5) is 0. The molecule has 0 radical (unpaired) electrons. The molecule has 0 fully saturated rings. The minimum absolute atomic E-state index is 0. The molecule has 0 rings (SSSR count). The largest absolute Gasteiger partial charge is 0.335 e. The summed E-state index contributed by atoms with van der Waals surface area (Å²) in [6.07, 6.45) is 6.00. The van der Waals surface area contributed by atoms with Crippen LogP contribution in [0.3, 0.4) is 0 Å². The fourth-order valence-corrected chi connectivity index (χ4v) is 0. The quantitative estimate of drug-likeness (QED) is 0.473. The Morgan fingerprint density at radius 3 is 0.500 bits per heavy atom. The first-order chi connectivity index (χ1) is 4.24. The number of rotatable bonds is 0. The van der Waals surface area contributed by atoms with Crippen LogP contribution in [-0.2, 0) is 25.8 Å². The van der Waals surface area contributed by atoms with E-state index in [2.05, 4.69) is 0 Å². The van der Waals surface area contributed by atoms with E-state index in [1.807, 2.05) is 60.8 Å². The molecule has 0 aliphatic carbocycles. The fraction of sp³-hybridized carbons (Fsp3) is 0.667. The third-order valence-electron chi connectivity index (χ3n) is 0. The van der Waals surface area contributed by atoms with Crippen molar-refractivity contribution < 1.29 is 25.8 Å². The second-order valence-electron chi connectivity index (χ2n) is 1.73. The maximum Gasteiger partial charge on any atom is 0 e. The normalized spacial score (nSPS) is 5.40. The van der Waals surface area contributed by atoms with Gasteiger partial charge in [-0.25, -0.2) is 0 Å². The van der Waals surface area contributed by atoms with Gasteiger partial charge in [-0.2, -0.15) is 41.5 Å². The van der Waals surface area contributed by atoms with Crippen molar-refractivity contribution in [3.8, 4) is 0 Å². The van der Waals surface area contributed by atoms with Crippen LogP contribution in [0.25, 0.3) is 0 Å². The zero-order valence-electron chi connectivity index (χ0n) is 8.23. The SMILES string of the molecule is C[CH-]C.C[CH-]C.C[CH-]C.[Hf]. The van der Waals surface area contributed by atoms with Gasteiger partial charge in [-0.05, 0) is 0 Å². The molecule has 0 N–H and O–H groups in total. The Labute approximate surface area is 86.6 Å². The average Bonchev–Trinajstić information content (AvgIpc) is 1.70. The monoisotopic (exact) mass is 309 g/mol. The van der Waals surface area contributed by atoms with Crippen LogP contribution in [0, 0.1) is 19.3 Å². The van der Waals surface area contributed by atoms with Crippen LogP contribution in [-0.4, -0.2) is 0 Å². The molecule has 0 aliphatic heterocycles. The molecule has 0 heterocycles. The minimum atomic E-state index is 0. The first-order valence-electron chi connectivity index (χ1n) is 3.46. The number of hydrogen-bond donors (Lipinski definition) is 0. The Morgan fingerprint density at radius 2 is 0.500 bits per heavy atom. The second-order valence-corrected chi connectivity index (χ2v) is 1.73. The maximum absolute atomic E-state index is 2.00. The van der Waals surface area contributed by atoms with Gasteiger partial charge < -0.3 is 19.3 Å². The van der Waals surface area contributed by atoms with E-state index in [0.29, 0.717) is 0 Å². The van der Waals surface area contributed by atoms with Crippen molar-refractivity contribution in [2.45, 2.75) is 41.5 Å². The zero-order chi connectivity index (χ0) is 8.12. The van der Waals surface area contributed by atoms with E-state index in [1.54, 1.807) is 0 Å². The Kier molecular flexibility index (Phi) is 116. The molecule has 10 heavy (non-hydrogen) atoms. The van der Waals surface area contributed by atoms with Crippen LogP contribution in [0.4, 0.5) is 0 Å². The summed E-state index contributed by atoms with van der Waals surface area (Å²) in [5.74, 6) is 0. The summed E-state index contributed by atoms with van der Waals surface area (Å²) in [6.45, 7) is 12.0. The molecule has 0 aromatic carbocycles. The van der Waals surface area contributed by atoms with Crippen molar-refractivity contribution in [2.24, 2.45) is 0 Å². The van der Waals surface area contributed by atoms with Gasteiger partial charge in [0.2, 0.25) is 0 Å². The van der Waals surface area contributed by atoms with Gasteiger partial charge in [-0.1, -0.05) is 0 Å². The maximum atomic E-state index is 2.00. The van der Waals surface area contributed by atoms with E-state index in [-0.39, 0.29) is 25.8 Å². The second kappa shape index (κ2) is 51.8. The summed E-state index contributed by atoms with van der Waals surface area (Å²) < 4.78 is 0. The minimum Gasteiger partial charge on any atom is -0.335 e. The van der Waals surface area contributed by atoms with E-state index in [0.717, 1.165) is 0 Å². The van der Waals surface area contributed by atoms with Crippen molar-refractivity contribution in [1.82, 2.24) is 0 Å². The van der Waals surface area contributed by atoms with Gasteiger partial charge in [0.05, 0.1) is 0 Å². The molecular weight excluding hydrogens is 287 g/mol. The third-order valence-corrected chi connectivity index (χ3v) is 0. The topological polar surface area (TPSA) is 0 Å². The van der Waals surface area contributed by atoms with Crippen LogP contribution < -0.4 is 0 Å². The molecule has 0 aromatic rings. The van der Waals surface area contributed by atoms with Crippen molar-refractivity contribution in [3.05, 3.63) is 19.3 Å². The van der Waals surface area contributed by atoms with Crippen molar-refractivity contribution in [1.29, 1.82) is 0 Å². The Bertz CT molecular complexity index is 9.44. The van der Waals surface area contributed by atoms with Gasteiger partial charge in [0, 0.05) is 25.8 Å². The smallest absolute Gasteiger partial charge is 0 e. The van der Waals surface area contributed by atoms with Crippen LogP contribution in [0.5, 0.6) is 0 Å². The molecule has 0 amide bonds. The van der Waals surface area contributed by atoms with Crippen molar-refractivity contribution in [2.75, 3.05) is 0 Å². The number of hydrogen-bond acceptors (Lipinski definition) is 0. The molecule has 0 atom stereocenters. The molecule has 0 aromatic heterocycles. The van der Waals surface area contributed by atoms with Gasteiger partial charge in [-0.15, -0.1) is 0 Å². The summed E-state index contributed by atoms with van der Waals surface area (Å²) in [5.41, 5.74) is 0. The molecule has 0 spiro atoms. The van der Waals surface area contributed by atoms with Crippen molar-refractivity contribution in [3.63, 3.8) is 0 Å². The van der Waals surface area contributed by atoms with E-state index in [4.69, 9.17) is 0 Å². The molecule has 0 aliphatic rings. The van der Waals surface area contributed by atoms with E-state index in [9.17, 15) is 0 Å². The van der Waals surface area contributed by atoms with Crippen LogP contribution in [0.1, 0.15) is 41.5 Å². The third kappa shape index (κ3) is 726. The summed E-state index contributed by atoms with van der Waals surface area (Å²) >= 11 is 0. The van der Waals surface area contributed by atoms with Crippen LogP contribution in [0.2, 0.25) is 0 Å². The summed E-state index contributed by atoms with van der Waals surface area (Å²) in [5, 5.41) is 0. The molecule has 1 heteroatoms. The molecule has 0 nitrogen and oxygen atoms in total. The fourth-order valence-electron chi connectivity index (χ4n) is 0. The summed E-state index contributed by atoms with van der Waals surface area (Å²) in [6, 6.07) is 0. The van der Waals surface area contributed by atoms with Crippen LogP contribution in [0.15, 0.2) is 0 Å². The van der Waals surface area contributed by atoms with Gasteiger partial charge in [-0.3, -0.25) is 0 Å². The Hall–Kier alpha value is 0.870. The Morgan fingerprint density at radius 1 is 0.500 bits per heavy atom. The molecule has 0 bridgehead atoms. The first kappa shape index (κ1) is 22.4. The van der Waals surface area contributed by atoms with E-state index >= 15 is 0 Å².